The molecule has 1 N–H and O–H groups in total. The molecule has 0 aliphatic heterocycles. The van der Waals surface area contributed by atoms with Gasteiger partial charge in [0.15, 0.2) is 0 Å². The molecule has 0 unspecified atom stereocenters. The van der Waals surface area contributed by atoms with Gasteiger partial charge in [0.25, 0.3) is 0 Å². The van der Waals surface area contributed by atoms with Crippen LogP contribution in [0.15, 0.2) is 22.8 Å². The summed E-state index contributed by atoms with van der Waals surface area (Å²) < 4.78 is 5.51. The Labute approximate surface area is 101 Å². The van der Waals surface area contributed by atoms with Crippen molar-refractivity contribution in [3.8, 4) is 0 Å². The van der Waals surface area contributed by atoms with Crippen molar-refractivity contribution >= 4 is 16.9 Å². The number of hydrogen-bond acceptors (Lipinski definition) is 2. The van der Waals surface area contributed by atoms with Crippen molar-refractivity contribution in [2.24, 2.45) is 0 Å². The number of hydrogen-bond donors (Lipinski definition) is 1. The van der Waals surface area contributed by atoms with Gasteiger partial charge < -0.3 is 9.73 Å². The molecular weight excluding hydrogens is 214 g/mol. The van der Waals surface area contributed by atoms with E-state index in [0.29, 0.717) is 13.0 Å². The Hall–Kier alpha value is -1.77. The molecule has 3 nitrogen and oxygen atoms in total. The molecule has 0 radical (unpaired) electrons. The molecular formula is C14H17NO2. The van der Waals surface area contributed by atoms with E-state index in [1.54, 1.807) is 6.26 Å². The summed E-state index contributed by atoms with van der Waals surface area (Å²) in [6, 6.07) is 4.11. The van der Waals surface area contributed by atoms with E-state index in [9.17, 15) is 4.79 Å². The fraction of sp³-hybridized carbons (Fsp3) is 0.357. The van der Waals surface area contributed by atoms with Crippen LogP contribution in [0.1, 0.15) is 23.6 Å². The van der Waals surface area contributed by atoms with Gasteiger partial charge in [-0.2, -0.15) is 0 Å². The minimum absolute atomic E-state index is 0.0372. The molecule has 0 spiro atoms. The number of likely N-dealkylation sites (N-methyl/N-ethyl adjacent to an activating group) is 1. The molecule has 0 aliphatic carbocycles. The molecule has 0 fully saturated rings. The molecule has 0 saturated heterocycles. The second-order valence-electron chi connectivity index (χ2n) is 4.35. The highest BCUT2D eigenvalue weighted by atomic mass is 16.3. The minimum Gasteiger partial charge on any atom is -0.464 e. The number of carbonyl (C=O) groups is 1. The lowest BCUT2D eigenvalue weighted by Gasteiger charge is -2.03. The van der Waals surface area contributed by atoms with Crippen LogP contribution >= 0.6 is 0 Å². The number of amides is 1. The maximum absolute atomic E-state index is 11.6. The van der Waals surface area contributed by atoms with Gasteiger partial charge in [0.1, 0.15) is 5.58 Å². The molecule has 0 atom stereocenters. The average Bonchev–Trinajstić information content (AvgIpc) is 2.61. The molecule has 2 rings (SSSR count). The van der Waals surface area contributed by atoms with Gasteiger partial charge in [0, 0.05) is 17.5 Å². The average molecular weight is 231 g/mol. The molecule has 3 heteroatoms. The summed E-state index contributed by atoms with van der Waals surface area (Å²) in [6.45, 7) is 6.66. The van der Waals surface area contributed by atoms with E-state index in [0.717, 1.165) is 22.1 Å². The summed E-state index contributed by atoms with van der Waals surface area (Å²) in [5.41, 5.74) is 4.16. The number of fused-ring (bicyclic) bond motifs is 1. The molecule has 17 heavy (non-hydrogen) atoms. The van der Waals surface area contributed by atoms with Crippen LogP contribution in [-0.2, 0) is 11.2 Å². The summed E-state index contributed by atoms with van der Waals surface area (Å²) in [5, 5.41) is 3.87. The summed E-state index contributed by atoms with van der Waals surface area (Å²) in [7, 11) is 0. The fourth-order valence-corrected chi connectivity index (χ4v) is 2.19. The van der Waals surface area contributed by atoms with E-state index in [1.165, 1.54) is 5.56 Å². The van der Waals surface area contributed by atoms with E-state index in [1.807, 2.05) is 26.8 Å². The Kier molecular flexibility index (Phi) is 3.18. The number of benzene rings is 1. The van der Waals surface area contributed by atoms with E-state index >= 15 is 0 Å². The van der Waals surface area contributed by atoms with Crippen molar-refractivity contribution in [2.45, 2.75) is 27.2 Å². The molecule has 2 aromatic rings. The van der Waals surface area contributed by atoms with E-state index < -0.39 is 0 Å². The third-order valence-electron chi connectivity index (χ3n) is 2.82. The van der Waals surface area contributed by atoms with Gasteiger partial charge in [-0.1, -0.05) is 6.07 Å². The van der Waals surface area contributed by atoms with Crippen LogP contribution in [-0.4, -0.2) is 12.5 Å². The van der Waals surface area contributed by atoms with E-state index in [-0.39, 0.29) is 5.91 Å². The zero-order chi connectivity index (χ0) is 12.4. The van der Waals surface area contributed by atoms with Gasteiger partial charge in [-0.3, -0.25) is 4.79 Å². The summed E-state index contributed by atoms with van der Waals surface area (Å²) in [6.07, 6.45) is 2.07. The third kappa shape index (κ3) is 2.33. The second-order valence-corrected chi connectivity index (χ2v) is 4.35. The zero-order valence-corrected chi connectivity index (χ0v) is 10.5. The van der Waals surface area contributed by atoms with Crippen molar-refractivity contribution in [3.63, 3.8) is 0 Å². The van der Waals surface area contributed by atoms with Crippen LogP contribution < -0.4 is 5.32 Å². The number of furan rings is 1. The maximum atomic E-state index is 11.6. The van der Waals surface area contributed by atoms with Crippen molar-refractivity contribution in [2.75, 3.05) is 6.54 Å². The van der Waals surface area contributed by atoms with E-state index in [4.69, 9.17) is 4.42 Å². The van der Waals surface area contributed by atoms with Gasteiger partial charge >= 0.3 is 0 Å². The Bertz CT molecular complexity index is 555. The number of nitrogens with one attached hydrogen (secondary N) is 1. The van der Waals surface area contributed by atoms with Crippen molar-refractivity contribution in [3.05, 3.63) is 35.1 Å². The van der Waals surface area contributed by atoms with Gasteiger partial charge in [-0.25, -0.2) is 0 Å². The number of aryl methyl sites for hydroxylation is 2. The maximum Gasteiger partial charge on any atom is 0.224 e. The predicted molar refractivity (Wildman–Crippen MR) is 68.1 cm³/mol. The number of rotatable bonds is 3. The third-order valence-corrected chi connectivity index (χ3v) is 2.82. The van der Waals surface area contributed by atoms with Gasteiger partial charge in [0.2, 0.25) is 5.91 Å². The molecule has 0 bridgehead atoms. The fourth-order valence-electron chi connectivity index (χ4n) is 2.19. The standard InChI is InChI=1S/C14H17NO2/c1-4-15-13(16)7-11-8-17-12-6-9(2)5-10(3)14(11)12/h5-6,8H,4,7H2,1-3H3,(H,15,16). The van der Waals surface area contributed by atoms with Crippen molar-refractivity contribution in [1.29, 1.82) is 0 Å². The van der Waals surface area contributed by atoms with Crippen LogP contribution in [0.25, 0.3) is 11.0 Å². The molecule has 1 aromatic carbocycles. The lowest BCUT2D eigenvalue weighted by molar-refractivity contribution is -0.120. The Morgan fingerprint density at radius 1 is 1.35 bits per heavy atom. The molecule has 1 heterocycles. The quantitative estimate of drug-likeness (QED) is 0.882. The Balaban J connectivity index is 2.39. The first-order valence-electron chi connectivity index (χ1n) is 5.86. The molecule has 1 aromatic heterocycles. The first-order valence-corrected chi connectivity index (χ1v) is 5.86. The van der Waals surface area contributed by atoms with Crippen molar-refractivity contribution in [1.82, 2.24) is 5.32 Å². The SMILES string of the molecule is CCNC(=O)Cc1coc2cc(C)cc(C)c12. The Morgan fingerprint density at radius 3 is 2.82 bits per heavy atom. The highest BCUT2D eigenvalue weighted by molar-refractivity contribution is 5.90. The lowest BCUT2D eigenvalue weighted by Crippen LogP contribution is -2.24. The molecule has 0 aliphatic rings. The number of carbonyl (C=O) groups excluding carboxylic acids is 1. The largest absolute Gasteiger partial charge is 0.464 e. The normalized spacial score (nSPS) is 10.8. The van der Waals surface area contributed by atoms with Crippen molar-refractivity contribution < 1.29 is 9.21 Å². The van der Waals surface area contributed by atoms with Crippen LogP contribution in [0, 0.1) is 13.8 Å². The van der Waals surface area contributed by atoms with E-state index in [2.05, 4.69) is 11.4 Å². The highest BCUT2D eigenvalue weighted by Crippen LogP contribution is 2.26. The monoisotopic (exact) mass is 231 g/mol. The lowest BCUT2D eigenvalue weighted by atomic mass is 10.0. The first-order chi connectivity index (χ1) is 8.11. The smallest absolute Gasteiger partial charge is 0.224 e. The first kappa shape index (κ1) is 11.7. The summed E-state index contributed by atoms with van der Waals surface area (Å²) in [5.74, 6) is 0.0372. The Morgan fingerprint density at radius 2 is 2.12 bits per heavy atom. The van der Waals surface area contributed by atoms with Gasteiger partial charge in [-0.15, -0.1) is 0 Å². The van der Waals surface area contributed by atoms with Crippen LogP contribution in [0.2, 0.25) is 0 Å². The predicted octanol–water partition coefficient (Wildman–Crippen LogP) is 2.73. The minimum atomic E-state index is 0.0372. The summed E-state index contributed by atoms with van der Waals surface area (Å²) >= 11 is 0. The zero-order valence-electron chi connectivity index (χ0n) is 10.5. The van der Waals surface area contributed by atoms with Gasteiger partial charge in [-0.05, 0) is 38.0 Å². The van der Waals surface area contributed by atoms with Crippen LogP contribution in [0.4, 0.5) is 0 Å². The van der Waals surface area contributed by atoms with Crippen LogP contribution in [0.3, 0.4) is 0 Å². The summed E-state index contributed by atoms with van der Waals surface area (Å²) in [4.78, 5) is 11.6. The molecule has 0 saturated carbocycles. The molecule has 1 amide bonds. The highest BCUT2D eigenvalue weighted by Gasteiger charge is 2.12. The molecule has 90 valence electrons. The topological polar surface area (TPSA) is 42.2 Å². The van der Waals surface area contributed by atoms with Gasteiger partial charge in [0.05, 0.1) is 12.7 Å². The second kappa shape index (κ2) is 4.62. The van der Waals surface area contributed by atoms with Crippen LogP contribution in [0.5, 0.6) is 0 Å².